The molecule has 19 heavy (non-hydrogen) atoms. The molecule has 0 aliphatic carbocycles. The molecular weight excluding hydrogens is 393 g/mol. The largest absolute Gasteiger partial charge is 0.369 e. The molecule has 0 saturated heterocycles. The highest BCUT2D eigenvalue weighted by molar-refractivity contribution is 9.11. The Hall–Kier alpha value is -1.04. The normalized spacial score (nSPS) is 11.1. The van der Waals surface area contributed by atoms with Crippen LogP contribution < -0.4 is 5.73 Å². The lowest BCUT2D eigenvalue weighted by Gasteiger charge is -2.09. The van der Waals surface area contributed by atoms with Gasteiger partial charge in [0.25, 0.3) is 0 Å². The molecule has 0 radical (unpaired) electrons. The van der Waals surface area contributed by atoms with E-state index in [0.29, 0.717) is 11.0 Å². The number of nitrogen functional groups attached to an aromatic ring is 1. The zero-order valence-electron chi connectivity index (χ0n) is 9.57. The van der Waals surface area contributed by atoms with Gasteiger partial charge in [0.05, 0.1) is 16.7 Å². The second kappa shape index (κ2) is 4.81. The second-order valence-electron chi connectivity index (χ2n) is 4.03. The van der Waals surface area contributed by atoms with Crippen LogP contribution in [-0.2, 0) is 0 Å². The van der Waals surface area contributed by atoms with E-state index in [9.17, 15) is 0 Å². The van der Waals surface area contributed by atoms with Crippen LogP contribution >= 0.6 is 43.5 Å². The summed E-state index contributed by atoms with van der Waals surface area (Å²) in [5.41, 5.74) is 8.65. The molecule has 0 spiro atoms. The quantitative estimate of drug-likeness (QED) is 0.637. The highest BCUT2D eigenvalue weighted by Crippen LogP contribution is 2.31. The highest BCUT2D eigenvalue weighted by atomic mass is 79.9. The van der Waals surface area contributed by atoms with E-state index in [-0.39, 0.29) is 0 Å². The van der Waals surface area contributed by atoms with Crippen LogP contribution in [0.15, 0.2) is 45.3 Å². The average molecular weight is 401 g/mol. The first-order valence-electron chi connectivity index (χ1n) is 5.45. The average Bonchev–Trinajstić information content (AvgIpc) is 2.65. The summed E-state index contributed by atoms with van der Waals surface area (Å²) in [4.78, 5) is 4.34. The summed E-state index contributed by atoms with van der Waals surface area (Å²) < 4.78 is 3.82. The summed E-state index contributed by atoms with van der Waals surface area (Å²) in [6.45, 7) is 0. The fourth-order valence-corrected chi connectivity index (χ4v) is 3.38. The summed E-state index contributed by atoms with van der Waals surface area (Å²) in [6.07, 6.45) is 0. The number of halogens is 3. The molecular formula is C13H8Br2ClN3. The number of fused-ring (bicyclic) bond motifs is 1. The van der Waals surface area contributed by atoms with Gasteiger partial charge in [-0.2, -0.15) is 0 Å². The van der Waals surface area contributed by atoms with Gasteiger partial charge in [-0.3, -0.25) is 4.57 Å². The number of rotatable bonds is 1. The van der Waals surface area contributed by atoms with Crippen molar-refractivity contribution in [1.29, 1.82) is 0 Å². The van der Waals surface area contributed by atoms with Crippen molar-refractivity contribution in [2.75, 3.05) is 5.73 Å². The third-order valence-electron chi connectivity index (χ3n) is 2.79. The molecule has 0 atom stereocenters. The van der Waals surface area contributed by atoms with Crippen LogP contribution in [0.1, 0.15) is 0 Å². The van der Waals surface area contributed by atoms with E-state index in [4.69, 9.17) is 17.3 Å². The summed E-state index contributed by atoms with van der Waals surface area (Å²) in [5, 5.41) is 0.645. The number of nitrogens with zero attached hydrogens (tertiary/aromatic N) is 2. The first-order valence-corrected chi connectivity index (χ1v) is 7.41. The molecule has 0 fully saturated rings. The van der Waals surface area contributed by atoms with Gasteiger partial charge >= 0.3 is 0 Å². The molecule has 6 heteroatoms. The zero-order valence-corrected chi connectivity index (χ0v) is 13.5. The summed E-state index contributed by atoms with van der Waals surface area (Å²) >= 11 is 12.9. The number of hydrogen-bond acceptors (Lipinski definition) is 2. The van der Waals surface area contributed by atoms with Crippen molar-refractivity contribution in [1.82, 2.24) is 9.55 Å². The Bertz CT molecular complexity index is 783. The minimum absolute atomic E-state index is 0.431. The Kier molecular flexibility index (Phi) is 3.28. The molecule has 0 unspecified atom stereocenters. The molecule has 0 amide bonds. The van der Waals surface area contributed by atoms with E-state index in [1.807, 2.05) is 34.9 Å². The fraction of sp³-hybridized carbons (Fsp3) is 0. The van der Waals surface area contributed by atoms with Crippen LogP contribution in [0.3, 0.4) is 0 Å². The van der Waals surface area contributed by atoms with Gasteiger partial charge in [0.2, 0.25) is 5.95 Å². The lowest BCUT2D eigenvalue weighted by Crippen LogP contribution is -2.01. The van der Waals surface area contributed by atoms with E-state index >= 15 is 0 Å². The molecule has 1 heterocycles. The van der Waals surface area contributed by atoms with Gasteiger partial charge < -0.3 is 5.73 Å². The molecule has 0 aliphatic heterocycles. The molecule has 3 nitrogen and oxygen atoms in total. The third-order valence-corrected chi connectivity index (χ3v) is 4.16. The molecule has 2 aromatic carbocycles. The first-order chi connectivity index (χ1) is 9.06. The van der Waals surface area contributed by atoms with Crippen LogP contribution in [0.2, 0.25) is 5.02 Å². The van der Waals surface area contributed by atoms with Gasteiger partial charge in [0.15, 0.2) is 0 Å². The van der Waals surface area contributed by atoms with Gasteiger partial charge in [-0.25, -0.2) is 4.98 Å². The summed E-state index contributed by atoms with van der Waals surface area (Å²) in [5.74, 6) is 0.431. The molecule has 2 N–H and O–H groups in total. The van der Waals surface area contributed by atoms with Crippen LogP contribution in [0.4, 0.5) is 5.95 Å². The number of anilines is 1. The maximum absolute atomic E-state index is 6.02. The van der Waals surface area contributed by atoms with Crippen LogP contribution in [0.25, 0.3) is 16.7 Å². The van der Waals surface area contributed by atoms with Crippen LogP contribution in [0, 0.1) is 0 Å². The van der Waals surface area contributed by atoms with E-state index in [0.717, 1.165) is 25.7 Å². The Morgan fingerprint density at radius 2 is 1.89 bits per heavy atom. The molecule has 1 aromatic heterocycles. The predicted octanol–water partition coefficient (Wildman–Crippen LogP) is 4.79. The smallest absolute Gasteiger partial charge is 0.205 e. The molecule has 0 aliphatic rings. The minimum atomic E-state index is 0.431. The molecule has 0 bridgehead atoms. The standard InChI is InChI=1S/C13H8Br2ClN3/c14-7-1-3-11(9(15)5-7)19-12-4-2-8(16)6-10(12)18-13(19)17/h1-6H,(H2,17,18). The Balaban J connectivity index is 2.33. The Labute approximate surface area is 131 Å². The molecule has 96 valence electrons. The summed E-state index contributed by atoms with van der Waals surface area (Å²) in [7, 11) is 0. The van der Waals surface area contributed by atoms with E-state index in [2.05, 4.69) is 36.8 Å². The predicted molar refractivity (Wildman–Crippen MR) is 85.9 cm³/mol. The topological polar surface area (TPSA) is 43.8 Å². The monoisotopic (exact) mass is 399 g/mol. The van der Waals surface area contributed by atoms with Crippen molar-refractivity contribution in [3.05, 3.63) is 50.4 Å². The fourth-order valence-electron chi connectivity index (χ4n) is 1.99. The maximum Gasteiger partial charge on any atom is 0.205 e. The van der Waals surface area contributed by atoms with E-state index in [1.165, 1.54) is 0 Å². The van der Waals surface area contributed by atoms with E-state index in [1.54, 1.807) is 6.07 Å². The third kappa shape index (κ3) is 2.26. The number of nitrogens with two attached hydrogens (primary N) is 1. The number of imidazole rings is 1. The van der Waals surface area contributed by atoms with Gasteiger partial charge in [0.1, 0.15) is 0 Å². The Morgan fingerprint density at radius 1 is 1.11 bits per heavy atom. The van der Waals surface area contributed by atoms with Crippen molar-refractivity contribution in [2.45, 2.75) is 0 Å². The van der Waals surface area contributed by atoms with E-state index < -0.39 is 0 Å². The van der Waals surface area contributed by atoms with Crippen molar-refractivity contribution < 1.29 is 0 Å². The van der Waals surface area contributed by atoms with Crippen molar-refractivity contribution in [3.63, 3.8) is 0 Å². The molecule has 3 aromatic rings. The molecule has 0 saturated carbocycles. The van der Waals surface area contributed by atoms with Gasteiger partial charge in [-0.1, -0.05) is 27.5 Å². The van der Waals surface area contributed by atoms with Gasteiger partial charge in [-0.05, 0) is 52.3 Å². The SMILES string of the molecule is Nc1nc2cc(Cl)ccc2n1-c1ccc(Br)cc1Br. The lowest BCUT2D eigenvalue weighted by molar-refractivity contribution is 1.10. The van der Waals surface area contributed by atoms with Crippen LogP contribution in [-0.4, -0.2) is 9.55 Å². The number of aromatic nitrogens is 2. The molecule has 3 rings (SSSR count). The second-order valence-corrected chi connectivity index (χ2v) is 6.24. The van der Waals surface area contributed by atoms with Crippen molar-refractivity contribution >= 4 is 60.4 Å². The van der Waals surface area contributed by atoms with Gasteiger partial charge in [-0.15, -0.1) is 0 Å². The number of hydrogen-bond donors (Lipinski definition) is 1. The zero-order chi connectivity index (χ0) is 13.6. The highest BCUT2D eigenvalue weighted by Gasteiger charge is 2.12. The first kappa shape index (κ1) is 13.0. The Morgan fingerprint density at radius 3 is 2.63 bits per heavy atom. The summed E-state index contributed by atoms with van der Waals surface area (Å²) in [6, 6.07) is 11.4. The van der Waals surface area contributed by atoms with Crippen molar-refractivity contribution in [2.24, 2.45) is 0 Å². The minimum Gasteiger partial charge on any atom is -0.369 e. The maximum atomic E-state index is 6.02. The number of benzene rings is 2. The van der Waals surface area contributed by atoms with Crippen molar-refractivity contribution in [3.8, 4) is 5.69 Å². The lowest BCUT2D eigenvalue weighted by atomic mass is 10.3. The van der Waals surface area contributed by atoms with Gasteiger partial charge in [0, 0.05) is 14.0 Å². The van der Waals surface area contributed by atoms with Crippen LogP contribution in [0.5, 0.6) is 0 Å².